The average Bonchev–Trinajstić information content (AvgIpc) is 3.14. The van der Waals surface area contributed by atoms with Crippen LogP contribution in [0.3, 0.4) is 0 Å². The van der Waals surface area contributed by atoms with E-state index in [9.17, 15) is 18.0 Å². The number of nitrogens with zero attached hydrogens (tertiary/aromatic N) is 3. The van der Waals surface area contributed by atoms with Gasteiger partial charge in [0.05, 0.1) is 30.1 Å². The minimum Gasteiger partial charge on any atom is -0.397 e. The van der Waals surface area contributed by atoms with Crippen LogP contribution in [0.2, 0.25) is 0 Å². The highest BCUT2D eigenvalue weighted by Gasteiger charge is 2.36. The molecule has 0 fully saturated rings. The van der Waals surface area contributed by atoms with Crippen molar-refractivity contribution in [3.63, 3.8) is 0 Å². The second kappa shape index (κ2) is 12.4. The predicted octanol–water partition coefficient (Wildman–Crippen LogP) is 4.08. The Bertz CT molecular complexity index is 1150. The second-order valence-corrected chi connectivity index (χ2v) is 8.24. The van der Waals surface area contributed by atoms with Crippen molar-refractivity contribution in [1.82, 2.24) is 15.1 Å². The zero-order chi connectivity index (χ0) is 27.0. The first-order valence-electron chi connectivity index (χ1n) is 11.2. The lowest BCUT2D eigenvalue weighted by Gasteiger charge is -2.19. The molecule has 36 heavy (non-hydrogen) atoms. The van der Waals surface area contributed by atoms with Crippen molar-refractivity contribution in [2.24, 2.45) is 24.5 Å². The van der Waals surface area contributed by atoms with E-state index in [1.807, 2.05) is 6.92 Å². The second-order valence-electron chi connectivity index (χ2n) is 8.24. The highest BCUT2D eigenvalue weighted by Crippen LogP contribution is 2.29. The quantitative estimate of drug-likeness (QED) is 0.254. The first kappa shape index (κ1) is 28.7. The van der Waals surface area contributed by atoms with Crippen molar-refractivity contribution in [3.05, 3.63) is 76.9 Å². The Morgan fingerprint density at radius 2 is 2.03 bits per heavy atom. The number of benzene rings is 1. The molecule has 2 aromatic rings. The highest BCUT2D eigenvalue weighted by atomic mass is 19.4. The molecule has 2 rings (SSSR count). The standard InChI is InChI=1S/C25H33F3N6O2/c1-6-7-8-19(25(26,27)28)12-20(15-36-5)32-24(35)18-10-9-16(2)23(11-18)34(30)14-22(29)21-13-31-33(4)17(21)3/h7-14,19H,6,15,29-30H2,1-5H3,(H,32,35)/b8-7?,20-12+,22-14-. The monoisotopic (exact) mass is 506 g/mol. The lowest BCUT2D eigenvalue weighted by atomic mass is 10.1. The van der Waals surface area contributed by atoms with Crippen LogP contribution in [-0.2, 0) is 11.8 Å². The lowest BCUT2D eigenvalue weighted by molar-refractivity contribution is -0.149. The molecule has 0 saturated carbocycles. The summed E-state index contributed by atoms with van der Waals surface area (Å²) >= 11 is 0. The summed E-state index contributed by atoms with van der Waals surface area (Å²) in [6, 6.07) is 4.78. The summed E-state index contributed by atoms with van der Waals surface area (Å²) in [4.78, 5) is 12.9. The summed E-state index contributed by atoms with van der Waals surface area (Å²) < 4.78 is 47.0. The van der Waals surface area contributed by atoms with E-state index in [-0.39, 0.29) is 17.9 Å². The van der Waals surface area contributed by atoms with Crippen LogP contribution in [-0.4, -0.2) is 35.6 Å². The number of halogens is 3. The van der Waals surface area contributed by atoms with E-state index in [2.05, 4.69) is 10.4 Å². The maximum Gasteiger partial charge on any atom is 0.398 e. The summed E-state index contributed by atoms with van der Waals surface area (Å²) in [6.45, 7) is 5.21. The van der Waals surface area contributed by atoms with Gasteiger partial charge in [-0.15, -0.1) is 0 Å². The number of amides is 1. The van der Waals surface area contributed by atoms with E-state index in [0.29, 0.717) is 23.4 Å². The van der Waals surface area contributed by atoms with E-state index in [1.54, 1.807) is 43.9 Å². The van der Waals surface area contributed by atoms with E-state index >= 15 is 0 Å². The maximum atomic E-state index is 13.5. The molecule has 0 aliphatic carbocycles. The summed E-state index contributed by atoms with van der Waals surface area (Å²) in [5.74, 6) is 3.76. The zero-order valence-electron chi connectivity index (χ0n) is 21.1. The van der Waals surface area contributed by atoms with Gasteiger partial charge in [0.2, 0.25) is 0 Å². The van der Waals surface area contributed by atoms with Gasteiger partial charge >= 0.3 is 6.18 Å². The van der Waals surface area contributed by atoms with Gasteiger partial charge in [0.25, 0.3) is 5.91 Å². The fraction of sp³-hybridized carbons (Fsp3) is 0.360. The Kier molecular flexibility index (Phi) is 9.88. The number of hydrogen-bond donors (Lipinski definition) is 3. The molecule has 1 unspecified atom stereocenters. The molecule has 8 nitrogen and oxygen atoms in total. The molecule has 1 aromatic carbocycles. The molecule has 1 aromatic heterocycles. The summed E-state index contributed by atoms with van der Waals surface area (Å²) in [6.07, 6.45) is 2.50. The number of hydrogen-bond acceptors (Lipinski definition) is 6. The molecule has 1 atom stereocenters. The summed E-state index contributed by atoms with van der Waals surface area (Å²) in [5, 5.41) is 7.98. The third-order valence-electron chi connectivity index (χ3n) is 5.49. The SMILES string of the molecule is CCC=CC(/C=C(\COC)NC(=O)c1ccc(C)c(N(N)/C=C(\N)c2cnn(C)c2C)c1)C(F)(F)F. The molecule has 0 aliphatic heterocycles. The van der Waals surface area contributed by atoms with Crippen LogP contribution in [0.15, 0.2) is 54.5 Å². The summed E-state index contributed by atoms with van der Waals surface area (Å²) in [7, 11) is 3.13. The lowest BCUT2D eigenvalue weighted by Crippen LogP contribution is -2.29. The molecule has 0 aliphatic rings. The maximum absolute atomic E-state index is 13.5. The van der Waals surface area contributed by atoms with Crippen molar-refractivity contribution in [1.29, 1.82) is 0 Å². The molecular formula is C25H33F3N6O2. The number of allylic oxidation sites excluding steroid dienone is 3. The van der Waals surface area contributed by atoms with Gasteiger partial charge in [-0.2, -0.15) is 18.3 Å². The molecule has 0 spiro atoms. The van der Waals surface area contributed by atoms with E-state index in [1.165, 1.54) is 30.5 Å². The minimum absolute atomic E-state index is 0.00602. The molecule has 0 saturated heterocycles. The van der Waals surface area contributed by atoms with E-state index < -0.39 is 18.0 Å². The fourth-order valence-corrected chi connectivity index (χ4v) is 3.36. The third-order valence-corrected chi connectivity index (χ3v) is 5.49. The van der Waals surface area contributed by atoms with Gasteiger partial charge < -0.3 is 15.8 Å². The van der Waals surface area contributed by atoms with Crippen molar-refractivity contribution >= 4 is 17.3 Å². The number of carbonyl (C=O) groups is 1. The van der Waals surface area contributed by atoms with Crippen LogP contribution in [0.25, 0.3) is 5.70 Å². The first-order chi connectivity index (χ1) is 16.9. The molecule has 0 radical (unpaired) electrons. The number of aryl methyl sites for hydroxylation is 2. The van der Waals surface area contributed by atoms with Gasteiger partial charge in [-0.25, -0.2) is 5.84 Å². The largest absolute Gasteiger partial charge is 0.398 e. The van der Waals surface area contributed by atoms with Crippen molar-refractivity contribution in [3.8, 4) is 0 Å². The van der Waals surface area contributed by atoms with Crippen LogP contribution in [0.4, 0.5) is 18.9 Å². The van der Waals surface area contributed by atoms with Gasteiger partial charge in [0, 0.05) is 42.9 Å². The van der Waals surface area contributed by atoms with Crippen LogP contribution in [0, 0.1) is 19.8 Å². The fourth-order valence-electron chi connectivity index (χ4n) is 3.36. The van der Waals surface area contributed by atoms with Gasteiger partial charge in [0.15, 0.2) is 0 Å². The molecule has 11 heteroatoms. The summed E-state index contributed by atoms with van der Waals surface area (Å²) in [5.41, 5.74) is 9.58. The number of aromatic nitrogens is 2. The number of hydrazine groups is 1. The first-order valence-corrected chi connectivity index (χ1v) is 11.2. The van der Waals surface area contributed by atoms with Gasteiger partial charge in [-0.05, 0) is 44.0 Å². The highest BCUT2D eigenvalue weighted by molar-refractivity contribution is 5.96. The van der Waals surface area contributed by atoms with Crippen molar-refractivity contribution < 1.29 is 22.7 Å². The van der Waals surface area contributed by atoms with Gasteiger partial charge in [0.1, 0.15) is 0 Å². The number of rotatable bonds is 10. The molecule has 196 valence electrons. The Hall–Kier alpha value is -3.57. The van der Waals surface area contributed by atoms with Crippen LogP contribution in [0.5, 0.6) is 0 Å². The molecule has 1 amide bonds. The number of carbonyl (C=O) groups excluding carboxylic acids is 1. The van der Waals surface area contributed by atoms with E-state index in [4.69, 9.17) is 16.3 Å². The van der Waals surface area contributed by atoms with Crippen molar-refractivity contribution in [2.75, 3.05) is 18.7 Å². The number of ether oxygens (including phenoxy) is 1. The number of methoxy groups -OCH3 is 1. The van der Waals surface area contributed by atoms with Gasteiger partial charge in [-0.3, -0.25) is 14.5 Å². The predicted molar refractivity (Wildman–Crippen MR) is 134 cm³/mol. The Morgan fingerprint density at radius 1 is 1.33 bits per heavy atom. The number of nitrogens with two attached hydrogens (primary N) is 2. The topological polar surface area (TPSA) is 111 Å². The Balaban J connectivity index is 2.33. The number of alkyl halides is 3. The minimum atomic E-state index is -4.51. The van der Waals surface area contributed by atoms with Crippen LogP contribution in [0.1, 0.15) is 40.5 Å². The normalized spacial score (nSPS) is 13.8. The molecule has 5 N–H and O–H groups in total. The molecular weight excluding hydrogens is 473 g/mol. The molecule has 0 bridgehead atoms. The van der Waals surface area contributed by atoms with Crippen LogP contribution < -0.4 is 21.9 Å². The average molecular weight is 507 g/mol. The smallest absolute Gasteiger partial charge is 0.397 e. The Labute approximate surface area is 209 Å². The van der Waals surface area contributed by atoms with Gasteiger partial charge in [-0.1, -0.05) is 25.1 Å². The van der Waals surface area contributed by atoms with Crippen LogP contribution >= 0.6 is 0 Å². The number of nitrogens with one attached hydrogen (secondary N) is 1. The zero-order valence-corrected chi connectivity index (χ0v) is 21.1. The molecule has 1 heterocycles. The van der Waals surface area contributed by atoms with Crippen molar-refractivity contribution in [2.45, 2.75) is 33.4 Å². The number of anilines is 1. The Morgan fingerprint density at radius 3 is 2.58 bits per heavy atom. The van der Waals surface area contributed by atoms with E-state index in [0.717, 1.165) is 23.4 Å². The third kappa shape index (κ3) is 7.46.